The van der Waals surface area contributed by atoms with Crippen molar-refractivity contribution < 1.29 is 9.53 Å². The number of methoxy groups -OCH3 is 1. The zero-order valence-electron chi connectivity index (χ0n) is 14.5. The van der Waals surface area contributed by atoms with Crippen LogP contribution in [-0.4, -0.2) is 56.5 Å². The molecule has 2 fully saturated rings. The van der Waals surface area contributed by atoms with Gasteiger partial charge in [0.2, 0.25) is 5.91 Å². The quantitative estimate of drug-likeness (QED) is 0.803. The first kappa shape index (κ1) is 17.8. The average Bonchev–Trinajstić information content (AvgIpc) is 3.10. The van der Waals surface area contributed by atoms with E-state index >= 15 is 0 Å². The smallest absolute Gasteiger partial charge is 0.231 e. The normalized spacial score (nSPS) is 23.4. The summed E-state index contributed by atoms with van der Waals surface area (Å²) in [6.45, 7) is 4.18. The summed E-state index contributed by atoms with van der Waals surface area (Å²) in [7, 11) is 1.71. The van der Waals surface area contributed by atoms with Crippen molar-refractivity contribution in [2.75, 3.05) is 45.6 Å². The third kappa shape index (κ3) is 4.13. The fourth-order valence-electron chi connectivity index (χ4n) is 3.82. The molecule has 1 aromatic rings. The van der Waals surface area contributed by atoms with Crippen LogP contribution in [0.4, 0.5) is 0 Å². The number of piperidine rings is 1. The van der Waals surface area contributed by atoms with Gasteiger partial charge in [-0.25, -0.2) is 0 Å². The summed E-state index contributed by atoms with van der Waals surface area (Å²) < 4.78 is 5.42. The lowest BCUT2D eigenvalue weighted by Crippen LogP contribution is -2.51. The van der Waals surface area contributed by atoms with Crippen molar-refractivity contribution in [3.05, 3.63) is 30.3 Å². The Kier molecular flexibility index (Phi) is 6.19. The Bertz CT molecular complexity index is 526. The molecular weight excluding hydrogens is 320 g/mol. The Balaban J connectivity index is 1.55. The Morgan fingerprint density at radius 2 is 2.08 bits per heavy atom. The summed E-state index contributed by atoms with van der Waals surface area (Å²) in [6.07, 6.45) is 2.89. The molecule has 1 atom stereocenters. The highest BCUT2D eigenvalue weighted by Crippen LogP contribution is 2.34. The van der Waals surface area contributed by atoms with Crippen molar-refractivity contribution in [2.24, 2.45) is 11.3 Å². The lowest BCUT2D eigenvalue weighted by Gasteiger charge is -2.38. The van der Waals surface area contributed by atoms with E-state index in [2.05, 4.69) is 34.5 Å². The summed E-state index contributed by atoms with van der Waals surface area (Å²) in [5, 5.41) is 3.36. The van der Waals surface area contributed by atoms with E-state index in [0.717, 1.165) is 51.2 Å². The number of carbonyl (C=O) groups is 1. The van der Waals surface area contributed by atoms with Crippen LogP contribution in [-0.2, 0) is 9.53 Å². The van der Waals surface area contributed by atoms with Gasteiger partial charge in [-0.05, 0) is 50.4 Å². The number of nitrogens with zero attached hydrogens (tertiary/aromatic N) is 1. The SMILES string of the molecule is COCC1(C(=O)N2CCC(CSc3ccccc3)C2)CCNCC1. The first-order valence-corrected chi connectivity index (χ1v) is 9.89. The van der Waals surface area contributed by atoms with Crippen LogP contribution in [0.25, 0.3) is 0 Å². The summed E-state index contributed by atoms with van der Waals surface area (Å²) in [4.78, 5) is 16.6. The van der Waals surface area contributed by atoms with Crippen molar-refractivity contribution in [1.82, 2.24) is 10.2 Å². The topological polar surface area (TPSA) is 41.6 Å². The van der Waals surface area contributed by atoms with Crippen LogP contribution < -0.4 is 5.32 Å². The number of thioether (sulfide) groups is 1. The average molecular weight is 349 g/mol. The van der Waals surface area contributed by atoms with Crippen molar-refractivity contribution in [2.45, 2.75) is 24.2 Å². The molecule has 0 radical (unpaired) electrons. The van der Waals surface area contributed by atoms with Crippen molar-refractivity contribution in [3.63, 3.8) is 0 Å². The van der Waals surface area contributed by atoms with Crippen molar-refractivity contribution in [1.29, 1.82) is 0 Å². The van der Waals surface area contributed by atoms with Gasteiger partial charge in [0.05, 0.1) is 12.0 Å². The predicted octanol–water partition coefficient (Wildman–Crippen LogP) is 2.64. The second kappa shape index (κ2) is 8.37. The molecule has 0 saturated carbocycles. The number of rotatable bonds is 6. The molecule has 3 rings (SSSR count). The second-order valence-electron chi connectivity index (χ2n) is 6.99. The minimum Gasteiger partial charge on any atom is -0.384 e. The Morgan fingerprint density at radius 1 is 1.33 bits per heavy atom. The summed E-state index contributed by atoms with van der Waals surface area (Å²) in [6, 6.07) is 10.5. The molecule has 1 N–H and O–H groups in total. The van der Waals surface area contributed by atoms with Gasteiger partial charge >= 0.3 is 0 Å². The molecule has 2 aliphatic rings. The van der Waals surface area contributed by atoms with E-state index in [1.54, 1.807) is 7.11 Å². The van der Waals surface area contributed by atoms with Crippen LogP contribution in [0.2, 0.25) is 0 Å². The van der Waals surface area contributed by atoms with E-state index in [1.165, 1.54) is 4.90 Å². The summed E-state index contributed by atoms with van der Waals surface area (Å²) in [5.41, 5.74) is -0.304. The number of hydrogen-bond acceptors (Lipinski definition) is 4. The highest BCUT2D eigenvalue weighted by atomic mass is 32.2. The van der Waals surface area contributed by atoms with Gasteiger partial charge in [-0.2, -0.15) is 0 Å². The van der Waals surface area contributed by atoms with Gasteiger partial charge in [-0.15, -0.1) is 11.8 Å². The molecule has 2 aliphatic heterocycles. The lowest BCUT2D eigenvalue weighted by atomic mass is 9.78. The van der Waals surface area contributed by atoms with Gasteiger partial charge < -0.3 is 15.0 Å². The monoisotopic (exact) mass is 348 g/mol. The van der Waals surface area contributed by atoms with Crippen LogP contribution >= 0.6 is 11.8 Å². The Hall–Kier alpha value is -1.04. The molecule has 2 saturated heterocycles. The molecule has 0 aromatic heterocycles. The maximum Gasteiger partial charge on any atom is 0.231 e. The Morgan fingerprint density at radius 3 is 2.79 bits per heavy atom. The highest BCUT2D eigenvalue weighted by Gasteiger charge is 2.43. The molecule has 0 aliphatic carbocycles. The fraction of sp³-hybridized carbons (Fsp3) is 0.632. The lowest BCUT2D eigenvalue weighted by molar-refractivity contribution is -0.146. The van der Waals surface area contributed by atoms with Crippen LogP contribution in [0.5, 0.6) is 0 Å². The molecule has 24 heavy (non-hydrogen) atoms. The third-order valence-corrected chi connectivity index (χ3v) is 6.48. The van der Waals surface area contributed by atoms with Gasteiger partial charge in [0.25, 0.3) is 0 Å². The number of benzene rings is 1. The van der Waals surface area contributed by atoms with Crippen molar-refractivity contribution in [3.8, 4) is 0 Å². The van der Waals surface area contributed by atoms with E-state index < -0.39 is 0 Å². The Labute approximate surface area is 149 Å². The standard InChI is InChI=1S/C19H28N2O2S/c1-23-15-19(8-10-20-11-9-19)18(22)21-12-7-16(13-21)14-24-17-5-3-2-4-6-17/h2-6,16,20H,7-15H2,1H3. The molecule has 2 heterocycles. The van der Waals surface area contributed by atoms with E-state index in [4.69, 9.17) is 4.74 Å². The molecule has 1 unspecified atom stereocenters. The molecule has 1 aromatic carbocycles. The summed E-state index contributed by atoms with van der Waals surface area (Å²) in [5.74, 6) is 2.01. The first-order chi connectivity index (χ1) is 11.7. The van der Waals surface area contributed by atoms with Crippen LogP contribution in [0, 0.1) is 11.3 Å². The van der Waals surface area contributed by atoms with E-state index in [0.29, 0.717) is 18.4 Å². The van der Waals surface area contributed by atoms with Gasteiger partial charge in [0, 0.05) is 30.8 Å². The zero-order valence-corrected chi connectivity index (χ0v) is 15.3. The third-order valence-electron chi connectivity index (χ3n) is 5.24. The second-order valence-corrected chi connectivity index (χ2v) is 8.09. The van der Waals surface area contributed by atoms with E-state index in [1.807, 2.05) is 17.8 Å². The number of amides is 1. The molecule has 1 amide bonds. The number of hydrogen-bond donors (Lipinski definition) is 1. The number of likely N-dealkylation sites (tertiary alicyclic amines) is 1. The fourth-order valence-corrected chi connectivity index (χ4v) is 4.87. The molecule has 0 spiro atoms. The van der Waals surface area contributed by atoms with Crippen LogP contribution in [0.3, 0.4) is 0 Å². The van der Waals surface area contributed by atoms with E-state index in [-0.39, 0.29) is 5.41 Å². The molecular formula is C19H28N2O2S. The molecule has 0 bridgehead atoms. The zero-order chi connectivity index (χ0) is 16.8. The summed E-state index contributed by atoms with van der Waals surface area (Å²) >= 11 is 1.90. The number of carbonyl (C=O) groups excluding carboxylic acids is 1. The minimum absolute atomic E-state index is 0.304. The minimum atomic E-state index is -0.304. The maximum atomic E-state index is 13.1. The van der Waals surface area contributed by atoms with E-state index in [9.17, 15) is 4.79 Å². The van der Waals surface area contributed by atoms with Gasteiger partial charge in [0.15, 0.2) is 0 Å². The van der Waals surface area contributed by atoms with Gasteiger partial charge in [0.1, 0.15) is 0 Å². The molecule has 5 heteroatoms. The van der Waals surface area contributed by atoms with Crippen LogP contribution in [0.1, 0.15) is 19.3 Å². The van der Waals surface area contributed by atoms with Crippen LogP contribution in [0.15, 0.2) is 35.2 Å². The van der Waals surface area contributed by atoms with Gasteiger partial charge in [-0.1, -0.05) is 18.2 Å². The highest BCUT2D eigenvalue weighted by molar-refractivity contribution is 7.99. The van der Waals surface area contributed by atoms with Crippen molar-refractivity contribution >= 4 is 17.7 Å². The molecule has 132 valence electrons. The first-order valence-electron chi connectivity index (χ1n) is 8.90. The van der Waals surface area contributed by atoms with Gasteiger partial charge in [-0.3, -0.25) is 4.79 Å². The number of nitrogens with one attached hydrogen (secondary N) is 1. The predicted molar refractivity (Wildman–Crippen MR) is 98.3 cm³/mol. The maximum absolute atomic E-state index is 13.1. The number of ether oxygens (including phenoxy) is 1. The molecule has 4 nitrogen and oxygen atoms in total. The largest absolute Gasteiger partial charge is 0.384 e.